The van der Waals surface area contributed by atoms with Crippen LogP contribution in [0.1, 0.15) is 5.56 Å². The molecule has 6 nitrogen and oxygen atoms in total. The Morgan fingerprint density at radius 2 is 1.89 bits per heavy atom. The van der Waals surface area contributed by atoms with E-state index in [0.29, 0.717) is 0 Å². The summed E-state index contributed by atoms with van der Waals surface area (Å²) in [5.41, 5.74) is 0.897. The fourth-order valence-corrected chi connectivity index (χ4v) is 2.05. The van der Waals surface area contributed by atoms with Crippen LogP contribution in [-0.2, 0) is 16.1 Å². The van der Waals surface area contributed by atoms with Crippen LogP contribution >= 0.6 is 0 Å². The van der Waals surface area contributed by atoms with Crippen LogP contribution in [0, 0.1) is 0 Å². The first-order valence-corrected chi connectivity index (χ1v) is 6.09. The monoisotopic (exact) mass is 270 g/mol. The number of aliphatic hydroxyl groups excluding tert-OH is 4. The van der Waals surface area contributed by atoms with Gasteiger partial charge in [-0.25, -0.2) is 0 Å². The summed E-state index contributed by atoms with van der Waals surface area (Å²) in [4.78, 5) is 0. The normalized spacial score (nSPS) is 32.4. The van der Waals surface area contributed by atoms with E-state index in [1.807, 2.05) is 30.3 Å². The Labute approximate surface area is 110 Å². The van der Waals surface area contributed by atoms with Gasteiger partial charge in [0.1, 0.15) is 24.4 Å². The third-order valence-corrected chi connectivity index (χ3v) is 3.10. The summed E-state index contributed by atoms with van der Waals surface area (Å²) >= 11 is 0. The molecule has 4 N–H and O–H groups in total. The van der Waals surface area contributed by atoms with E-state index in [-0.39, 0.29) is 6.61 Å². The highest BCUT2D eigenvalue weighted by atomic mass is 16.7. The summed E-state index contributed by atoms with van der Waals surface area (Å²) in [6, 6.07) is 9.30. The van der Waals surface area contributed by atoms with Gasteiger partial charge in [-0.3, -0.25) is 0 Å². The molecule has 6 heteroatoms. The maximum atomic E-state index is 9.76. The fourth-order valence-electron chi connectivity index (χ4n) is 2.05. The van der Waals surface area contributed by atoms with E-state index < -0.39 is 37.3 Å². The summed E-state index contributed by atoms with van der Waals surface area (Å²) < 4.78 is 10.5. The van der Waals surface area contributed by atoms with Gasteiger partial charge in [-0.1, -0.05) is 30.3 Å². The van der Waals surface area contributed by atoms with Gasteiger partial charge in [-0.15, -0.1) is 0 Å². The van der Waals surface area contributed by atoms with Crippen molar-refractivity contribution in [1.82, 2.24) is 0 Å². The minimum atomic E-state index is -1.42. The van der Waals surface area contributed by atoms with Crippen LogP contribution in [0.2, 0.25) is 0 Å². The molecule has 106 valence electrons. The Morgan fingerprint density at radius 1 is 1.21 bits per heavy atom. The fraction of sp³-hybridized carbons (Fsp3) is 0.538. The van der Waals surface area contributed by atoms with Crippen molar-refractivity contribution in [2.75, 3.05) is 6.61 Å². The molecule has 0 bridgehead atoms. The molecule has 2 rings (SSSR count). The van der Waals surface area contributed by atoms with E-state index in [2.05, 4.69) is 0 Å². The molecular formula is C13H18O6. The first-order valence-electron chi connectivity index (χ1n) is 6.09. The van der Waals surface area contributed by atoms with Crippen molar-refractivity contribution < 1.29 is 29.9 Å². The van der Waals surface area contributed by atoms with Gasteiger partial charge in [0, 0.05) is 0 Å². The van der Waals surface area contributed by atoms with Crippen molar-refractivity contribution in [2.45, 2.75) is 37.3 Å². The largest absolute Gasteiger partial charge is 0.394 e. The molecule has 0 aromatic heterocycles. The lowest BCUT2D eigenvalue weighted by Crippen LogP contribution is -2.42. The van der Waals surface area contributed by atoms with Crippen molar-refractivity contribution in [3.63, 3.8) is 0 Å². The van der Waals surface area contributed by atoms with Gasteiger partial charge in [0.05, 0.1) is 13.2 Å². The Bertz CT molecular complexity index is 384. The third kappa shape index (κ3) is 3.30. The molecule has 0 spiro atoms. The van der Waals surface area contributed by atoms with Gasteiger partial charge < -0.3 is 29.9 Å². The molecule has 1 fully saturated rings. The molecule has 1 unspecified atom stereocenters. The highest BCUT2D eigenvalue weighted by Gasteiger charge is 2.46. The smallest absolute Gasteiger partial charge is 0.184 e. The first kappa shape index (κ1) is 14.4. The summed E-state index contributed by atoms with van der Waals surface area (Å²) in [6.45, 7) is -0.317. The molecule has 0 saturated carbocycles. The van der Waals surface area contributed by atoms with E-state index in [4.69, 9.17) is 14.6 Å². The van der Waals surface area contributed by atoms with E-state index in [1.54, 1.807) is 0 Å². The maximum absolute atomic E-state index is 9.76. The molecule has 0 aliphatic carbocycles. The van der Waals surface area contributed by atoms with Crippen molar-refractivity contribution in [1.29, 1.82) is 0 Å². The zero-order valence-corrected chi connectivity index (χ0v) is 10.3. The van der Waals surface area contributed by atoms with Crippen LogP contribution in [0.4, 0.5) is 0 Å². The van der Waals surface area contributed by atoms with Crippen molar-refractivity contribution >= 4 is 0 Å². The Balaban J connectivity index is 1.99. The zero-order chi connectivity index (χ0) is 13.8. The molecule has 19 heavy (non-hydrogen) atoms. The van der Waals surface area contributed by atoms with Crippen molar-refractivity contribution in [3.05, 3.63) is 35.9 Å². The summed E-state index contributed by atoms with van der Waals surface area (Å²) in [7, 11) is 0. The van der Waals surface area contributed by atoms with Crippen LogP contribution in [0.25, 0.3) is 0 Å². The van der Waals surface area contributed by atoms with Gasteiger partial charge in [-0.2, -0.15) is 0 Å². The third-order valence-electron chi connectivity index (χ3n) is 3.10. The van der Waals surface area contributed by atoms with Crippen LogP contribution in [-0.4, -0.2) is 57.7 Å². The summed E-state index contributed by atoms with van der Waals surface area (Å²) in [6.07, 6.45) is -5.74. The predicted octanol–water partition coefficient (Wildman–Crippen LogP) is -0.997. The van der Waals surface area contributed by atoms with Gasteiger partial charge in [0.2, 0.25) is 0 Å². The quantitative estimate of drug-likeness (QED) is 0.548. The minimum absolute atomic E-state index is 0.216. The van der Waals surface area contributed by atoms with Crippen LogP contribution < -0.4 is 0 Å². The van der Waals surface area contributed by atoms with Crippen LogP contribution in [0.3, 0.4) is 0 Å². The lowest BCUT2D eigenvalue weighted by molar-refractivity contribution is -0.151. The van der Waals surface area contributed by atoms with Gasteiger partial charge in [0.25, 0.3) is 0 Å². The molecule has 1 aromatic rings. The highest BCUT2D eigenvalue weighted by Crippen LogP contribution is 2.25. The standard InChI is InChI=1S/C13H18O6/c14-6-9(15)11-12(10(16)13(17)19-11)18-7-8-4-2-1-3-5-8/h1-5,9-17H,6-7H2/t9-,10-,11-,12-,13?/m1/s1. The lowest BCUT2D eigenvalue weighted by Gasteiger charge is -2.23. The van der Waals surface area contributed by atoms with E-state index in [0.717, 1.165) is 5.56 Å². The van der Waals surface area contributed by atoms with Crippen LogP contribution in [0.5, 0.6) is 0 Å². The number of hydrogen-bond acceptors (Lipinski definition) is 6. The number of ether oxygens (including phenoxy) is 2. The van der Waals surface area contributed by atoms with Crippen molar-refractivity contribution in [3.8, 4) is 0 Å². The number of aliphatic hydroxyl groups is 4. The van der Waals surface area contributed by atoms with E-state index in [1.165, 1.54) is 0 Å². The number of hydrogen-bond donors (Lipinski definition) is 4. The topological polar surface area (TPSA) is 99.4 Å². The summed E-state index contributed by atoms with van der Waals surface area (Å²) in [5.74, 6) is 0. The number of rotatable bonds is 5. The molecule has 1 aliphatic heterocycles. The van der Waals surface area contributed by atoms with Gasteiger partial charge in [0.15, 0.2) is 6.29 Å². The van der Waals surface area contributed by atoms with E-state index in [9.17, 15) is 15.3 Å². The molecule has 1 heterocycles. The van der Waals surface area contributed by atoms with E-state index >= 15 is 0 Å². The lowest BCUT2D eigenvalue weighted by atomic mass is 10.1. The minimum Gasteiger partial charge on any atom is -0.394 e. The second-order valence-corrected chi connectivity index (χ2v) is 4.49. The Morgan fingerprint density at radius 3 is 2.53 bits per heavy atom. The van der Waals surface area contributed by atoms with Crippen LogP contribution in [0.15, 0.2) is 30.3 Å². The molecule has 0 amide bonds. The Hall–Kier alpha value is -1.02. The van der Waals surface area contributed by atoms with Gasteiger partial charge >= 0.3 is 0 Å². The number of benzene rings is 1. The second-order valence-electron chi connectivity index (χ2n) is 4.49. The first-order chi connectivity index (χ1) is 9.13. The molecular weight excluding hydrogens is 252 g/mol. The van der Waals surface area contributed by atoms with Gasteiger partial charge in [-0.05, 0) is 5.56 Å². The molecule has 1 aromatic carbocycles. The maximum Gasteiger partial charge on any atom is 0.184 e. The molecule has 5 atom stereocenters. The SMILES string of the molecule is OC[C@@H](O)[C@H]1OC(O)[C@H](O)[C@H]1OCc1ccccc1. The molecule has 0 radical (unpaired) electrons. The molecule has 1 aliphatic rings. The highest BCUT2D eigenvalue weighted by molar-refractivity contribution is 5.13. The van der Waals surface area contributed by atoms with Crippen molar-refractivity contribution in [2.24, 2.45) is 0 Å². The summed E-state index contributed by atoms with van der Waals surface area (Å²) in [5, 5.41) is 37.7. The average molecular weight is 270 g/mol. The Kier molecular flexibility index (Phi) is 4.87. The zero-order valence-electron chi connectivity index (χ0n) is 10.3. The predicted molar refractivity (Wildman–Crippen MR) is 65.0 cm³/mol. The second kappa shape index (κ2) is 6.42. The molecule has 1 saturated heterocycles. The average Bonchev–Trinajstić information content (AvgIpc) is 2.73.